The van der Waals surface area contributed by atoms with Crippen LogP contribution in [0, 0.1) is 0 Å². The maximum Gasteiger partial charge on any atom is 0.0850 e. The Morgan fingerprint density at radius 1 is 1.75 bits per heavy atom. The zero-order chi connectivity index (χ0) is 8.39. The lowest BCUT2D eigenvalue weighted by molar-refractivity contribution is 0.407. The van der Waals surface area contributed by atoms with Gasteiger partial charge in [0.15, 0.2) is 0 Å². The fraction of sp³-hybridized carbons (Fsp3) is 0.300. The number of hydrogen-bond acceptors (Lipinski definition) is 2. The van der Waals surface area contributed by atoms with E-state index < -0.39 is 0 Å². The minimum Gasteiger partial charge on any atom is -0.373 e. The van der Waals surface area contributed by atoms with Gasteiger partial charge in [-0.05, 0) is 17.7 Å². The van der Waals surface area contributed by atoms with Gasteiger partial charge in [0.25, 0.3) is 0 Å². The molecule has 1 aliphatic heterocycles. The Hall–Kier alpha value is -1.15. The predicted octanol–water partition coefficient (Wildman–Crippen LogP) is 1.67. The molecule has 1 atom stereocenters. The molecule has 0 aliphatic carbocycles. The summed E-state index contributed by atoms with van der Waals surface area (Å²) in [6.45, 7) is 4.61. The summed E-state index contributed by atoms with van der Waals surface area (Å²) < 4.78 is 5.15. The lowest BCUT2D eigenvalue weighted by Crippen LogP contribution is -1.97. The van der Waals surface area contributed by atoms with Crippen LogP contribution in [0.1, 0.15) is 11.3 Å². The third kappa shape index (κ3) is 1.53. The summed E-state index contributed by atoms with van der Waals surface area (Å²) in [5.41, 5.74) is 2.21. The van der Waals surface area contributed by atoms with Crippen molar-refractivity contribution in [3.63, 3.8) is 0 Å². The molecular formula is C10H11NO. The number of nitrogens with zero attached hydrogens (tertiary/aromatic N) is 1. The highest BCUT2D eigenvalue weighted by molar-refractivity contribution is 5.46. The van der Waals surface area contributed by atoms with Gasteiger partial charge in [0, 0.05) is 12.6 Å². The zero-order valence-corrected chi connectivity index (χ0v) is 6.86. The van der Waals surface area contributed by atoms with Crippen LogP contribution in [0.3, 0.4) is 0 Å². The van der Waals surface area contributed by atoms with Gasteiger partial charge in [-0.2, -0.15) is 0 Å². The largest absolute Gasteiger partial charge is 0.373 e. The standard InChI is InChI=1S/C10H11NO/c1-2-10-8(4-3-5-11-10)6-9-7-12-9/h2-5,9H,1,6-7H2. The molecule has 0 aromatic carbocycles. The number of pyridine rings is 1. The van der Waals surface area contributed by atoms with E-state index in [1.165, 1.54) is 5.56 Å². The first-order valence-corrected chi connectivity index (χ1v) is 4.08. The minimum atomic E-state index is 0.424. The number of rotatable bonds is 3. The summed E-state index contributed by atoms with van der Waals surface area (Å²) in [4.78, 5) is 4.20. The Kier molecular flexibility index (Phi) is 1.92. The van der Waals surface area contributed by atoms with Crippen molar-refractivity contribution in [2.75, 3.05) is 6.61 Å². The second-order valence-corrected chi connectivity index (χ2v) is 2.91. The topological polar surface area (TPSA) is 25.4 Å². The van der Waals surface area contributed by atoms with Crippen molar-refractivity contribution in [1.82, 2.24) is 4.98 Å². The van der Waals surface area contributed by atoms with E-state index in [0.29, 0.717) is 6.10 Å². The molecular weight excluding hydrogens is 150 g/mol. The molecule has 62 valence electrons. The molecule has 0 spiro atoms. The van der Waals surface area contributed by atoms with Crippen molar-refractivity contribution in [3.8, 4) is 0 Å². The van der Waals surface area contributed by atoms with Crippen LogP contribution in [-0.4, -0.2) is 17.7 Å². The van der Waals surface area contributed by atoms with Gasteiger partial charge in [0.1, 0.15) is 0 Å². The molecule has 1 aromatic rings. The van der Waals surface area contributed by atoms with Crippen LogP contribution < -0.4 is 0 Å². The number of ether oxygens (including phenoxy) is 1. The van der Waals surface area contributed by atoms with Gasteiger partial charge in [-0.25, -0.2) is 0 Å². The van der Waals surface area contributed by atoms with Gasteiger partial charge in [-0.15, -0.1) is 0 Å². The van der Waals surface area contributed by atoms with Crippen molar-refractivity contribution in [2.24, 2.45) is 0 Å². The number of aromatic nitrogens is 1. The number of epoxide rings is 1. The summed E-state index contributed by atoms with van der Waals surface area (Å²) in [6.07, 6.45) is 4.97. The number of hydrogen-bond donors (Lipinski definition) is 0. The molecule has 0 amide bonds. The summed E-state index contributed by atoms with van der Waals surface area (Å²) in [7, 11) is 0. The predicted molar refractivity (Wildman–Crippen MR) is 47.8 cm³/mol. The first-order valence-electron chi connectivity index (χ1n) is 4.08. The highest BCUT2D eigenvalue weighted by Crippen LogP contribution is 2.18. The fourth-order valence-electron chi connectivity index (χ4n) is 1.24. The maximum atomic E-state index is 5.15. The Balaban J connectivity index is 2.20. The molecule has 1 saturated heterocycles. The van der Waals surface area contributed by atoms with Crippen molar-refractivity contribution >= 4 is 6.08 Å². The molecule has 12 heavy (non-hydrogen) atoms. The summed E-state index contributed by atoms with van der Waals surface area (Å²) >= 11 is 0. The molecule has 1 aromatic heterocycles. The molecule has 2 heterocycles. The Morgan fingerprint density at radius 2 is 2.58 bits per heavy atom. The average Bonchev–Trinajstić information content (AvgIpc) is 2.89. The maximum absolute atomic E-state index is 5.15. The van der Waals surface area contributed by atoms with Crippen molar-refractivity contribution in [1.29, 1.82) is 0 Å². The molecule has 2 nitrogen and oxygen atoms in total. The van der Waals surface area contributed by atoms with Crippen LogP contribution in [0.5, 0.6) is 0 Å². The fourth-order valence-corrected chi connectivity index (χ4v) is 1.24. The van der Waals surface area contributed by atoms with Crippen LogP contribution in [0.2, 0.25) is 0 Å². The lowest BCUT2D eigenvalue weighted by atomic mass is 10.1. The highest BCUT2D eigenvalue weighted by atomic mass is 16.6. The van der Waals surface area contributed by atoms with E-state index in [1.54, 1.807) is 12.3 Å². The van der Waals surface area contributed by atoms with Crippen molar-refractivity contribution in [3.05, 3.63) is 36.2 Å². The molecule has 0 bridgehead atoms. The quantitative estimate of drug-likeness (QED) is 0.630. The molecule has 2 rings (SSSR count). The van der Waals surface area contributed by atoms with Crippen molar-refractivity contribution < 1.29 is 4.74 Å². The third-order valence-electron chi connectivity index (χ3n) is 1.97. The van der Waals surface area contributed by atoms with Gasteiger partial charge in [-0.1, -0.05) is 12.6 Å². The van der Waals surface area contributed by atoms with E-state index in [0.717, 1.165) is 18.7 Å². The van der Waals surface area contributed by atoms with Crippen LogP contribution in [0.15, 0.2) is 24.9 Å². The van der Waals surface area contributed by atoms with Gasteiger partial charge < -0.3 is 4.74 Å². The Bertz CT molecular complexity index is 292. The summed E-state index contributed by atoms with van der Waals surface area (Å²) in [5.74, 6) is 0. The first-order chi connectivity index (χ1) is 5.90. The summed E-state index contributed by atoms with van der Waals surface area (Å²) in [6, 6.07) is 4.02. The van der Waals surface area contributed by atoms with E-state index in [2.05, 4.69) is 17.6 Å². The smallest absolute Gasteiger partial charge is 0.0850 e. The molecule has 0 N–H and O–H groups in total. The second kappa shape index (κ2) is 3.07. The normalized spacial score (nSPS) is 20.5. The second-order valence-electron chi connectivity index (χ2n) is 2.91. The highest BCUT2D eigenvalue weighted by Gasteiger charge is 2.23. The van der Waals surface area contributed by atoms with Crippen LogP contribution in [0.25, 0.3) is 6.08 Å². The van der Waals surface area contributed by atoms with E-state index >= 15 is 0 Å². The minimum absolute atomic E-state index is 0.424. The van der Waals surface area contributed by atoms with E-state index in [-0.39, 0.29) is 0 Å². The SMILES string of the molecule is C=Cc1ncccc1CC1CO1. The first kappa shape index (κ1) is 7.50. The van der Waals surface area contributed by atoms with E-state index in [4.69, 9.17) is 4.74 Å². The van der Waals surface area contributed by atoms with E-state index in [1.807, 2.05) is 6.07 Å². The molecule has 2 heteroatoms. The third-order valence-corrected chi connectivity index (χ3v) is 1.97. The van der Waals surface area contributed by atoms with Gasteiger partial charge in [-0.3, -0.25) is 4.98 Å². The van der Waals surface area contributed by atoms with Crippen LogP contribution in [-0.2, 0) is 11.2 Å². The van der Waals surface area contributed by atoms with Gasteiger partial charge in [0.05, 0.1) is 18.4 Å². The lowest BCUT2D eigenvalue weighted by Gasteiger charge is -2.00. The Labute approximate surface area is 71.9 Å². The molecule has 0 radical (unpaired) electrons. The van der Waals surface area contributed by atoms with Crippen molar-refractivity contribution in [2.45, 2.75) is 12.5 Å². The summed E-state index contributed by atoms with van der Waals surface area (Å²) in [5, 5.41) is 0. The van der Waals surface area contributed by atoms with Crippen LogP contribution in [0.4, 0.5) is 0 Å². The van der Waals surface area contributed by atoms with Gasteiger partial charge >= 0.3 is 0 Å². The Morgan fingerprint density at radius 3 is 3.25 bits per heavy atom. The van der Waals surface area contributed by atoms with Gasteiger partial charge in [0.2, 0.25) is 0 Å². The molecule has 1 aliphatic rings. The van der Waals surface area contributed by atoms with Crippen LogP contribution >= 0.6 is 0 Å². The molecule has 0 saturated carbocycles. The molecule has 1 unspecified atom stereocenters. The average molecular weight is 161 g/mol. The monoisotopic (exact) mass is 161 g/mol. The molecule has 1 fully saturated rings. The zero-order valence-electron chi connectivity index (χ0n) is 6.86. The van der Waals surface area contributed by atoms with E-state index in [9.17, 15) is 0 Å².